The minimum Gasteiger partial charge on any atom is -0.493 e. The lowest BCUT2D eigenvalue weighted by Crippen LogP contribution is -2.26. The van der Waals surface area contributed by atoms with E-state index in [0.29, 0.717) is 41.2 Å². The number of rotatable bonds is 8. The summed E-state index contributed by atoms with van der Waals surface area (Å²) in [5.74, 6) is 1.21. The number of pyridine rings is 1. The molecule has 170 valence electrons. The van der Waals surface area contributed by atoms with Crippen molar-refractivity contribution in [3.05, 3.63) is 30.6 Å². The van der Waals surface area contributed by atoms with Crippen molar-refractivity contribution in [2.45, 2.75) is 32.4 Å². The molecule has 3 aromatic rings. The Hall–Kier alpha value is -3.43. The van der Waals surface area contributed by atoms with Crippen molar-refractivity contribution in [2.75, 3.05) is 20.8 Å². The van der Waals surface area contributed by atoms with Crippen molar-refractivity contribution in [2.24, 2.45) is 5.92 Å². The van der Waals surface area contributed by atoms with E-state index in [0.717, 1.165) is 5.56 Å². The maximum absolute atomic E-state index is 13.1. The first-order valence-corrected chi connectivity index (χ1v) is 10.2. The highest BCUT2D eigenvalue weighted by molar-refractivity contribution is 5.85. The van der Waals surface area contributed by atoms with Crippen LogP contribution in [0.5, 0.6) is 17.4 Å². The summed E-state index contributed by atoms with van der Waals surface area (Å²) in [6.07, 6.45) is -1.22. The number of imidazole rings is 1. The molecule has 0 radical (unpaired) electrons. The van der Waals surface area contributed by atoms with Gasteiger partial charge in [-0.1, -0.05) is 0 Å². The van der Waals surface area contributed by atoms with Crippen LogP contribution in [0, 0.1) is 5.92 Å². The second kappa shape index (κ2) is 8.97. The molecule has 10 heteroatoms. The SMILES string of the molecule is COc1ccc(-c2cc3ncn(CC(F)F)c3c(O[C@H](C)C3CNC(=O)C3)n2)cc1OC. The first-order valence-electron chi connectivity index (χ1n) is 10.2. The first kappa shape index (κ1) is 21.8. The van der Waals surface area contributed by atoms with Crippen LogP contribution in [0.1, 0.15) is 13.3 Å². The van der Waals surface area contributed by atoms with E-state index < -0.39 is 13.0 Å². The molecule has 4 rings (SSSR count). The summed E-state index contributed by atoms with van der Waals surface area (Å²) in [5.41, 5.74) is 2.14. The van der Waals surface area contributed by atoms with E-state index in [4.69, 9.17) is 14.2 Å². The van der Waals surface area contributed by atoms with Crippen molar-refractivity contribution >= 4 is 16.9 Å². The lowest BCUT2D eigenvalue weighted by atomic mass is 10.0. The molecule has 2 aromatic heterocycles. The Kier molecular flexibility index (Phi) is 6.11. The number of ether oxygens (including phenoxy) is 3. The van der Waals surface area contributed by atoms with Crippen LogP contribution in [0.25, 0.3) is 22.3 Å². The molecule has 1 aliphatic rings. The third kappa shape index (κ3) is 4.30. The number of benzene rings is 1. The number of aromatic nitrogens is 3. The number of hydrogen-bond donors (Lipinski definition) is 1. The molecule has 1 saturated heterocycles. The Morgan fingerprint density at radius 2 is 2.00 bits per heavy atom. The Morgan fingerprint density at radius 3 is 2.66 bits per heavy atom. The predicted molar refractivity (Wildman–Crippen MR) is 113 cm³/mol. The number of carbonyl (C=O) groups excluding carboxylic acids is 1. The molecule has 2 atom stereocenters. The van der Waals surface area contributed by atoms with E-state index in [1.807, 2.05) is 13.0 Å². The predicted octanol–water partition coefficient (Wildman–Crippen LogP) is 3.28. The third-order valence-electron chi connectivity index (χ3n) is 5.55. The van der Waals surface area contributed by atoms with Crippen LogP contribution in [0.15, 0.2) is 30.6 Å². The van der Waals surface area contributed by atoms with Gasteiger partial charge in [-0.3, -0.25) is 4.79 Å². The van der Waals surface area contributed by atoms with Gasteiger partial charge in [0, 0.05) is 24.4 Å². The highest BCUT2D eigenvalue weighted by Gasteiger charge is 2.29. The number of hydrogen-bond acceptors (Lipinski definition) is 6. The fourth-order valence-corrected chi connectivity index (χ4v) is 3.80. The van der Waals surface area contributed by atoms with Gasteiger partial charge in [0.05, 0.1) is 38.3 Å². The molecule has 1 aromatic carbocycles. The number of carbonyl (C=O) groups is 1. The van der Waals surface area contributed by atoms with E-state index in [1.165, 1.54) is 18.0 Å². The third-order valence-corrected chi connectivity index (χ3v) is 5.55. The normalized spacial score (nSPS) is 16.9. The van der Waals surface area contributed by atoms with E-state index in [2.05, 4.69) is 15.3 Å². The van der Waals surface area contributed by atoms with Crippen molar-refractivity contribution in [1.82, 2.24) is 19.9 Å². The van der Waals surface area contributed by atoms with Crippen LogP contribution in [-0.2, 0) is 11.3 Å². The standard InChI is InChI=1S/C22H24F2N4O4/c1-12(14-7-20(29)25-9-14)32-22-21-16(26-11-28(21)10-19(23)24)8-15(27-22)13-4-5-17(30-2)18(6-13)31-3/h4-6,8,11-12,14,19H,7,9-10H2,1-3H3,(H,25,29)/t12-,14?/m1/s1. The second-order valence-corrected chi connectivity index (χ2v) is 7.63. The van der Waals surface area contributed by atoms with Crippen LogP contribution in [0.3, 0.4) is 0 Å². The maximum Gasteiger partial charge on any atom is 0.256 e. The summed E-state index contributed by atoms with van der Waals surface area (Å²) in [4.78, 5) is 20.5. The molecular formula is C22H24F2N4O4. The van der Waals surface area contributed by atoms with Gasteiger partial charge in [-0.2, -0.15) is 0 Å². The average molecular weight is 446 g/mol. The van der Waals surface area contributed by atoms with Crippen LogP contribution in [0.2, 0.25) is 0 Å². The van der Waals surface area contributed by atoms with Crippen molar-refractivity contribution in [3.63, 3.8) is 0 Å². The molecule has 0 spiro atoms. The summed E-state index contributed by atoms with van der Waals surface area (Å²) in [6.45, 7) is 1.81. The Balaban J connectivity index is 1.78. The molecule has 1 unspecified atom stereocenters. The average Bonchev–Trinajstić information content (AvgIpc) is 3.39. The number of alkyl halides is 2. The minimum absolute atomic E-state index is 0.0367. The largest absolute Gasteiger partial charge is 0.493 e. The molecule has 1 amide bonds. The highest BCUT2D eigenvalue weighted by Crippen LogP contribution is 2.35. The number of amides is 1. The molecule has 1 N–H and O–H groups in total. The number of halogens is 2. The van der Waals surface area contributed by atoms with E-state index >= 15 is 0 Å². The van der Waals surface area contributed by atoms with Crippen molar-refractivity contribution < 1.29 is 27.8 Å². The summed E-state index contributed by atoms with van der Waals surface area (Å²) < 4.78 is 44.4. The van der Waals surface area contributed by atoms with Crippen LogP contribution >= 0.6 is 0 Å². The van der Waals surface area contributed by atoms with Gasteiger partial charge < -0.3 is 24.1 Å². The molecule has 1 aliphatic heterocycles. The molecule has 1 fully saturated rings. The quantitative estimate of drug-likeness (QED) is 0.572. The molecule has 8 nitrogen and oxygen atoms in total. The number of fused-ring (bicyclic) bond motifs is 1. The Bertz CT molecular complexity index is 1130. The molecule has 32 heavy (non-hydrogen) atoms. The molecule has 0 saturated carbocycles. The number of methoxy groups -OCH3 is 2. The second-order valence-electron chi connectivity index (χ2n) is 7.63. The van der Waals surface area contributed by atoms with Crippen LogP contribution in [0.4, 0.5) is 8.78 Å². The summed E-state index contributed by atoms with van der Waals surface area (Å²) >= 11 is 0. The van der Waals surface area contributed by atoms with Crippen molar-refractivity contribution in [3.8, 4) is 28.6 Å². The van der Waals surface area contributed by atoms with Gasteiger partial charge in [-0.15, -0.1) is 0 Å². The van der Waals surface area contributed by atoms with Gasteiger partial charge in [0.1, 0.15) is 11.6 Å². The zero-order valence-electron chi connectivity index (χ0n) is 18.0. The summed E-state index contributed by atoms with van der Waals surface area (Å²) in [5, 5.41) is 2.78. The fraction of sp³-hybridized carbons (Fsp3) is 0.409. The van der Waals surface area contributed by atoms with Gasteiger partial charge in [-0.05, 0) is 31.2 Å². The van der Waals surface area contributed by atoms with Gasteiger partial charge in [0.15, 0.2) is 11.5 Å². The lowest BCUT2D eigenvalue weighted by molar-refractivity contribution is -0.119. The monoisotopic (exact) mass is 446 g/mol. The lowest BCUT2D eigenvalue weighted by Gasteiger charge is -2.20. The smallest absolute Gasteiger partial charge is 0.256 e. The molecule has 0 aliphatic carbocycles. The molecular weight excluding hydrogens is 422 g/mol. The highest BCUT2D eigenvalue weighted by atomic mass is 19.3. The van der Waals surface area contributed by atoms with Gasteiger partial charge >= 0.3 is 0 Å². The number of nitrogens with one attached hydrogen (secondary N) is 1. The molecule has 3 heterocycles. The fourth-order valence-electron chi connectivity index (χ4n) is 3.80. The van der Waals surface area contributed by atoms with Crippen molar-refractivity contribution in [1.29, 1.82) is 0 Å². The Labute approximate surface area is 183 Å². The first-order chi connectivity index (χ1) is 15.4. The van der Waals surface area contributed by atoms with Gasteiger partial charge in [0.2, 0.25) is 11.8 Å². The zero-order valence-corrected chi connectivity index (χ0v) is 18.0. The van der Waals surface area contributed by atoms with Gasteiger partial charge in [0.25, 0.3) is 6.43 Å². The van der Waals surface area contributed by atoms with E-state index in [-0.39, 0.29) is 23.8 Å². The van der Waals surface area contributed by atoms with Gasteiger partial charge in [-0.25, -0.2) is 18.7 Å². The minimum atomic E-state index is -2.56. The number of nitrogens with zero attached hydrogens (tertiary/aromatic N) is 3. The zero-order chi connectivity index (χ0) is 22.8. The summed E-state index contributed by atoms with van der Waals surface area (Å²) in [7, 11) is 3.09. The van der Waals surface area contributed by atoms with E-state index in [9.17, 15) is 13.6 Å². The molecule has 0 bridgehead atoms. The van der Waals surface area contributed by atoms with Crippen LogP contribution in [-0.4, -0.2) is 53.7 Å². The summed E-state index contributed by atoms with van der Waals surface area (Å²) in [6, 6.07) is 7.07. The van der Waals surface area contributed by atoms with Crippen LogP contribution < -0.4 is 19.5 Å². The Morgan fingerprint density at radius 1 is 1.22 bits per heavy atom. The maximum atomic E-state index is 13.1. The topological polar surface area (TPSA) is 87.5 Å². The van der Waals surface area contributed by atoms with E-state index in [1.54, 1.807) is 25.3 Å².